The summed E-state index contributed by atoms with van der Waals surface area (Å²) in [6, 6.07) is 11.8. The zero-order chi connectivity index (χ0) is 22.1. The zero-order valence-corrected chi connectivity index (χ0v) is 18.5. The Kier molecular flexibility index (Phi) is 5.63. The number of aromatic nitrogens is 1. The topological polar surface area (TPSA) is 74.3 Å². The highest BCUT2D eigenvalue weighted by atomic mass is 16.2. The number of hydrogen-bond acceptors (Lipinski definition) is 5. The van der Waals surface area contributed by atoms with Gasteiger partial charge in [0.15, 0.2) is 5.78 Å². The monoisotopic (exact) mass is 416 g/mol. The maximum absolute atomic E-state index is 13.4. The summed E-state index contributed by atoms with van der Waals surface area (Å²) < 4.78 is 0. The Morgan fingerprint density at radius 1 is 1.10 bits per heavy atom. The number of ketones is 1. The van der Waals surface area contributed by atoms with Gasteiger partial charge in [0.25, 0.3) is 5.91 Å². The second-order valence-corrected chi connectivity index (χ2v) is 8.43. The van der Waals surface area contributed by atoms with E-state index in [-0.39, 0.29) is 11.7 Å². The van der Waals surface area contributed by atoms with Gasteiger partial charge in [-0.1, -0.05) is 18.2 Å². The molecule has 2 aromatic rings. The van der Waals surface area contributed by atoms with Crippen LogP contribution in [0.4, 0.5) is 11.5 Å². The van der Waals surface area contributed by atoms with Gasteiger partial charge in [-0.15, -0.1) is 0 Å². The largest absolute Gasteiger partial charge is 0.378 e. The number of nitrogens with one attached hydrogen (secondary N) is 2. The first kappa shape index (κ1) is 20.8. The number of allylic oxidation sites excluding steroid dienone is 3. The molecular weight excluding hydrogens is 388 g/mol. The van der Waals surface area contributed by atoms with Gasteiger partial charge in [0.2, 0.25) is 0 Å². The summed E-state index contributed by atoms with van der Waals surface area (Å²) in [5.41, 5.74) is 6.04. The third kappa shape index (κ3) is 4.10. The number of anilines is 2. The van der Waals surface area contributed by atoms with Crippen molar-refractivity contribution < 1.29 is 9.59 Å². The van der Waals surface area contributed by atoms with Crippen LogP contribution in [0.1, 0.15) is 43.2 Å². The smallest absolute Gasteiger partial charge is 0.255 e. The third-order valence-electron chi connectivity index (χ3n) is 5.92. The van der Waals surface area contributed by atoms with Gasteiger partial charge in [-0.05, 0) is 56.0 Å². The van der Waals surface area contributed by atoms with Gasteiger partial charge in [0, 0.05) is 60.9 Å². The number of dihydropyridines is 1. The normalized spacial score (nSPS) is 18.5. The van der Waals surface area contributed by atoms with E-state index in [1.807, 2.05) is 63.2 Å². The molecule has 1 atom stereocenters. The molecule has 0 bridgehead atoms. The van der Waals surface area contributed by atoms with Crippen molar-refractivity contribution in [1.82, 2.24) is 10.3 Å². The summed E-state index contributed by atoms with van der Waals surface area (Å²) in [4.78, 5) is 32.7. The zero-order valence-electron chi connectivity index (χ0n) is 18.5. The second-order valence-electron chi connectivity index (χ2n) is 8.43. The number of amides is 1. The maximum atomic E-state index is 13.4. The molecule has 1 aromatic carbocycles. The van der Waals surface area contributed by atoms with E-state index in [4.69, 9.17) is 0 Å². The van der Waals surface area contributed by atoms with Crippen molar-refractivity contribution in [3.05, 3.63) is 76.3 Å². The van der Waals surface area contributed by atoms with Gasteiger partial charge < -0.3 is 15.5 Å². The van der Waals surface area contributed by atoms with E-state index in [0.717, 1.165) is 46.6 Å². The highest BCUT2D eigenvalue weighted by Crippen LogP contribution is 2.42. The van der Waals surface area contributed by atoms with E-state index in [1.165, 1.54) is 0 Å². The minimum absolute atomic E-state index is 0.113. The first-order chi connectivity index (χ1) is 14.8. The molecular formula is C25H28N4O2. The van der Waals surface area contributed by atoms with Crippen LogP contribution in [0.15, 0.2) is 65.1 Å². The van der Waals surface area contributed by atoms with Gasteiger partial charge in [0.05, 0.1) is 0 Å². The lowest BCUT2D eigenvalue weighted by Crippen LogP contribution is -2.35. The Labute approximate surface area is 183 Å². The van der Waals surface area contributed by atoms with Crippen LogP contribution in [0, 0.1) is 6.92 Å². The quantitative estimate of drug-likeness (QED) is 0.786. The SMILES string of the molecule is CC1=C(C(=O)Nc2ccc(C)cn2)[C@@H](c2ccc(N(C)C)cc2)C2=C(CCCC2=O)N1. The fourth-order valence-electron chi connectivity index (χ4n) is 4.31. The van der Waals surface area contributed by atoms with Crippen LogP contribution in [0.3, 0.4) is 0 Å². The summed E-state index contributed by atoms with van der Waals surface area (Å²) in [7, 11) is 3.98. The first-order valence-electron chi connectivity index (χ1n) is 10.6. The van der Waals surface area contributed by atoms with Crippen LogP contribution in [0.5, 0.6) is 0 Å². The summed E-state index contributed by atoms with van der Waals surface area (Å²) in [6.45, 7) is 3.86. The van der Waals surface area contributed by atoms with Crippen LogP contribution < -0.4 is 15.5 Å². The first-order valence-corrected chi connectivity index (χ1v) is 10.6. The number of carbonyl (C=O) groups excluding carboxylic acids is 2. The molecule has 1 aliphatic heterocycles. The van der Waals surface area contributed by atoms with Crippen LogP contribution in [-0.4, -0.2) is 30.8 Å². The number of nitrogens with zero attached hydrogens (tertiary/aromatic N) is 2. The molecule has 0 fully saturated rings. The minimum atomic E-state index is -0.397. The van der Waals surface area contributed by atoms with Crippen molar-refractivity contribution in [3.8, 4) is 0 Å². The number of carbonyl (C=O) groups is 2. The number of aryl methyl sites for hydroxylation is 1. The molecule has 0 radical (unpaired) electrons. The molecule has 4 rings (SSSR count). The molecule has 0 saturated heterocycles. The molecule has 31 heavy (non-hydrogen) atoms. The van der Waals surface area contributed by atoms with Crippen LogP contribution in [0.25, 0.3) is 0 Å². The predicted molar refractivity (Wildman–Crippen MR) is 123 cm³/mol. The van der Waals surface area contributed by atoms with E-state index in [0.29, 0.717) is 17.8 Å². The fourth-order valence-corrected chi connectivity index (χ4v) is 4.31. The maximum Gasteiger partial charge on any atom is 0.255 e. The summed E-state index contributed by atoms with van der Waals surface area (Å²) >= 11 is 0. The molecule has 2 aliphatic rings. The van der Waals surface area contributed by atoms with E-state index in [9.17, 15) is 9.59 Å². The number of hydrogen-bond donors (Lipinski definition) is 2. The lowest BCUT2D eigenvalue weighted by atomic mass is 9.75. The van der Waals surface area contributed by atoms with Crippen molar-refractivity contribution in [2.45, 2.75) is 39.0 Å². The second kappa shape index (κ2) is 8.38. The molecule has 160 valence electrons. The molecule has 0 saturated carbocycles. The lowest BCUT2D eigenvalue weighted by molar-refractivity contribution is -0.116. The van der Waals surface area contributed by atoms with Crippen molar-refractivity contribution >= 4 is 23.2 Å². The summed E-state index contributed by atoms with van der Waals surface area (Å²) in [5, 5.41) is 6.27. The highest BCUT2D eigenvalue weighted by Gasteiger charge is 2.38. The molecule has 1 aromatic heterocycles. The van der Waals surface area contributed by atoms with E-state index in [1.54, 1.807) is 12.3 Å². The fraction of sp³-hybridized carbons (Fsp3) is 0.320. The van der Waals surface area contributed by atoms with Gasteiger partial charge in [0.1, 0.15) is 5.82 Å². The van der Waals surface area contributed by atoms with Crippen molar-refractivity contribution in [2.75, 3.05) is 24.3 Å². The Morgan fingerprint density at radius 3 is 2.48 bits per heavy atom. The van der Waals surface area contributed by atoms with E-state index in [2.05, 4.69) is 15.6 Å². The van der Waals surface area contributed by atoms with Gasteiger partial charge in [-0.2, -0.15) is 0 Å². The van der Waals surface area contributed by atoms with Crippen LogP contribution >= 0.6 is 0 Å². The molecule has 0 unspecified atom stereocenters. The van der Waals surface area contributed by atoms with Crippen molar-refractivity contribution in [1.29, 1.82) is 0 Å². The van der Waals surface area contributed by atoms with Gasteiger partial charge >= 0.3 is 0 Å². The van der Waals surface area contributed by atoms with Crippen LogP contribution in [0.2, 0.25) is 0 Å². The third-order valence-corrected chi connectivity index (χ3v) is 5.92. The molecule has 1 aliphatic carbocycles. The Morgan fingerprint density at radius 2 is 1.84 bits per heavy atom. The molecule has 6 heteroatoms. The summed E-state index contributed by atoms with van der Waals surface area (Å²) in [5.74, 6) is -0.0345. The number of pyridine rings is 1. The number of benzene rings is 1. The Balaban J connectivity index is 1.76. The lowest BCUT2D eigenvalue weighted by Gasteiger charge is -2.34. The number of rotatable bonds is 4. The Bertz CT molecular complexity index is 1080. The van der Waals surface area contributed by atoms with Gasteiger partial charge in [-0.25, -0.2) is 4.98 Å². The van der Waals surface area contributed by atoms with Crippen LogP contribution in [-0.2, 0) is 9.59 Å². The molecule has 2 heterocycles. The standard InChI is InChI=1S/C25H28N4O2/c1-15-8-13-21(26-14-15)28-25(31)22-16(2)27-19-6-5-7-20(30)24(19)23(22)17-9-11-18(12-10-17)29(3)4/h8-14,23,27H,5-7H2,1-4H3,(H,26,28,31)/t23-/m1/s1. The molecule has 0 spiro atoms. The highest BCUT2D eigenvalue weighted by molar-refractivity contribution is 6.09. The van der Waals surface area contributed by atoms with E-state index < -0.39 is 5.92 Å². The summed E-state index contributed by atoms with van der Waals surface area (Å²) in [6.07, 6.45) is 3.89. The molecule has 2 N–H and O–H groups in total. The van der Waals surface area contributed by atoms with Crippen molar-refractivity contribution in [2.24, 2.45) is 0 Å². The average Bonchev–Trinajstić information content (AvgIpc) is 2.74. The Hall–Kier alpha value is -3.41. The average molecular weight is 417 g/mol. The van der Waals surface area contributed by atoms with Crippen molar-refractivity contribution in [3.63, 3.8) is 0 Å². The van der Waals surface area contributed by atoms with Gasteiger partial charge in [-0.3, -0.25) is 9.59 Å². The predicted octanol–water partition coefficient (Wildman–Crippen LogP) is 4.06. The molecule has 1 amide bonds. The van der Waals surface area contributed by atoms with E-state index >= 15 is 0 Å². The molecule has 6 nitrogen and oxygen atoms in total. The minimum Gasteiger partial charge on any atom is -0.378 e. The number of Topliss-reactive ketones (excluding diaryl/α,β-unsaturated/α-hetero) is 1.